The molecule has 5 heteroatoms. The number of carbonyl (C=O) groups excluding carboxylic acids is 2. The van der Waals surface area contributed by atoms with Crippen molar-refractivity contribution in [3.05, 3.63) is 59.2 Å². The molecule has 1 N–H and O–H groups in total. The van der Waals surface area contributed by atoms with Gasteiger partial charge in [0.15, 0.2) is 0 Å². The fourth-order valence-corrected chi connectivity index (χ4v) is 2.87. The average Bonchev–Trinajstić information content (AvgIpc) is 2.54. The second kappa shape index (κ2) is 6.84. The average molecular weight is 324 g/mol. The van der Waals surface area contributed by atoms with Crippen LogP contribution in [-0.4, -0.2) is 30.4 Å². The first-order valence-corrected chi connectivity index (χ1v) is 7.92. The largest absolute Gasteiger partial charge is 0.426 e. The van der Waals surface area contributed by atoms with Crippen molar-refractivity contribution >= 4 is 17.6 Å². The molecular weight excluding hydrogens is 304 g/mol. The predicted molar refractivity (Wildman–Crippen MR) is 92.2 cm³/mol. The summed E-state index contributed by atoms with van der Waals surface area (Å²) in [6, 6.07) is 12.7. The summed E-state index contributed by atoms with van der Waals surface area (Å²) < 4.78 is 5.10. The molecule has 0 fully saturated rings. The van der Waals surface area contributed by atoms with E-state index in [1.807, 2.05) is 12.1 Å². The van der Waals surface area contributed by atoms with Gasteiger partial charge in [-0.05, 0) is 48.9 Å². The Morgan fingerprint density at radius 1 is 1.12 bits per heavy atom. The summed E-state index contributed by atoms with van der Waals surface area (Å²) in [6.45, 7) is 3.24. The molecule has 1 aliphatic heterocycles. The van der Waals surface area contributed by atoms with Crippen molar-refractivity contribution in [2.45, 2.75) is 19.9 Å². The van der Waals surface area contributed by atoms with E-state index >= 15 is 0 Å². The molecule has 0 bridgehead atoms. The molecule has 1 aliphatic rings. The van der Waals surface area contributed by atoms with Crippen LogP contribution in [-0.2, 0) is 17.8 Å². The van der Waals surface area contributed by atoms with E-state index < -0.39 is 5.97 Å². The van der Waals surface area contributed by atoms with Gasteiger partial charge in [0.05, 0.1) is 5.56 Å². The first kappa shape index (κ1) is 16.2. The molecule has 1 amide bonds. The van der Waals surface area contributed by atoms with Crippen molar-refractivity contribution in [3.8, 4) is 5.75 Å². The minimum Gasteiger partial charge on any atom is -0.426 e. The summed E-state index contributed by atoms with van der Waals surface area (Å²) in [5, 5.41) is 2.89. The zero-order chi connectivity index (χ0) is 17.1. The molecule has 0 aromatic heterocycles. The lowest BCUT2D eigenvalue weighted by atomic mass is 9.99. The van der Waals surface area contributed by atoms with Crippen molar-refractivity contribution in [2.75, 3.05) is 18.9 Å². The van der Waals surface area contributed by atoms with Crippen LogP contribution in [0, 0.1) is 0 Å². The highest BCUT2D eigenvalue weighted by molar-refractivity contribution is 6.06. The second-order valence-corrected chi connectivity index (χ2v) is 6.02. The van der Waals surface area contributed by atoms with Crippen LogP contribution < -0.4 is 10.1 Å². The number of hydrogen-bond acceptors (Lipinski definition) is 4. The third kappa shape index (κ3) is 3.63. The molecule has 3 rings (SSSR count). The van der Waals surface area contributed by atoms with E-state index in [4.69, 9.17) is 4.74 Å². The molecule has 0 atom stereocenters. The van der Waals surface area contributed by atoms with Crippen LogP contribution in [0.4, 0.5) is 5.69 Å². The van der Waals surface area contributed by atoms with E-state index in [1.54, 1.807) is 24.3 Å². The highest BCUT2D eigenvalue weighted by Gasteiger charge is 2.16. The van der Waals surface area contributed by atoms with Crippen molar-refractivity contribution in [3.63, 3.8) is 0 Å². The van der Waals surface area contributed by atoms with E-state index in [0.29, 0.717) is 5.56 Å². The lowest BCUT2D eigenvalue weighted by molar-refractivity contribution is -0.131. The SMILES string of the molecule is CC(=O)Oc1ccccc1C(=O)Nc1ccc2c(c1)CN(C)CC2. The number of ether oxygens (including phenoxy) is 1. The number of nitrogens with one attached hydrogen (secondary N) is 1. The number of hydrogen-bond donors (Lipinski definition) is 1. The summed E-state index contributed by atoms with van der Waals surface area (Å²) >= 11 is 0. The van der Waals surface area contributed by atoms with Gasteiger partial charge in [0, 0.05) is 25.7 Å². The third-order valence-corrected chi connectivity index (χ3v) is 4.05. The Bertz CT molecular complexity index is 786. The minimum absolute atomic E-state index is 0.264. The van der Waals surface area contributed by atoms with Crippen LogP contribution in [0.15, 0.2) is 42.5 Å². The van der Waals surface area contributed by atoms with E-state index in [1.165, 1.54) is 18.1 Å². The maximum atomic E-state index is 12.5. The van der Waals surface area contributed by atoms with Gasteiger partial charge >= 0.3 is 5.97 Å². The van der Waals surface area contributed by atoms with Gasteiger partial charge in [0.2, 0.25) is 0 Å². The minimum atomic E-state index is -0.452. The van der Waals surface area contributed by atoms with Gasteiger partial charge in [-0.25, -0.2) is 0 Å². The molecule has 0 saturated carbocycles. The first-order chi connectivity index (χ1) is 11.5. The fraction of sp³-hybridized carbons (Fsp3) is 0.263. The Morgan fingerprint density at radius 3 is 2.71 bits per heavy atom. The molecule has 0 spiro atoms. The van der Waals surface area contributed by atoms with Crippen molar-refractivity contribution in [2.24, 2.45) is 0 Å². The molecule has 5 nitrogen and oxygen atoms in total. The van der Waals surface area contributed by atoms with Gasteiger partial charge in [-0.3, -0.25) is 9.59 Å². The lowest BCUT2D eigenvalue weighted by Gasteiger charge is -2.25. The van der Waals surface area contributed by atoms with Gasteiger partial charge in [-0.1, -0.05) is 18.2 Å². The number of esters is 1. The monoisotopic (exact) mass is 324 g/mol. The maximum absolute atomic E-state index is 12.5. The van der Waals surface area contributed by atoms with Crippen LogP contribution >= 0.6 is 0 Å². The van der Waals surface area contributed by atoms with Gasteiger partial charge in [0.25, 0.3) is 5.91 Å². The number of nitrogens with zero attached hydrogens (tertiary/aromatic N) is 1. The summed E-state index contributed by atoms with van der Waals surface area (Å²) in [4.78, 5) is 26.0. The molecule has 0 radical (unpaired) electrons. The fourth-order valence-electron chi connectivity index (χ4n) is 2.87. The molecule has 24 heavy (non-hydrogen) atoms. The summed E-state index contributed by atoms with van der Waals surface area (Å²) in [7, 11) is 2.09. The number of likely N-dealkylation sites (N-methyl/N-ethyl adjacent to an activating group) is 1. The number of benzene rings is 2. The van der Waals surface area contributed by atoms with Crippen LogP contribution in [0.2, 0.25) is 0 Å². The zero-order valence-electron chi connectivity index (χ0n) is 13.8. The Morgan fingerprint density at radius 2 is 1.92 bits per heavy atom. The summed E-state index contributed by atoms with van der Waals surface area (Å²) in [5.41, 5.74) is 3.63. The quantitative estimate of drug-likeness (QED) is 0.697. The van der Waals surface area contributed by atoms with Crippen molar-refractivity contribution in [1.82, 2.24) is 4.90 Å². The summed E-state index contributed by atoms with van der Waals surface area (Å²) in [6.07, 6.45) is 1.02. The molecule has 0 aliphatic carbocycles. The molecule has 1 heterocycles. The normalized spacial score (nSPS) is 13.9. The molecule has 2 aromatic rings. The van der Waals surface area contributed by atoms with Gasteiger partial charge in [0.1, 0.15) is 5.75 Å². The Labute approximate surface area is 141 Å². The van der Waals surface area contributed by atoms with E-state index in [9.17, 15) is 9.59 Å². The van der Waals surface area contributed by atoms with E-state index in [-0.39, 0.29) is 11.7 Å². The number of anilines is 1. The Balaban J connectivity index is 1.81. The first-order valence-electron chi connectivity index (χ1n) is 7.92. The number of carbonyl (C=O) groups is 2. The Kier molecular flexibility index (Phi) is 4.62. The number of para-hydroxylation sites is 1. The van der Waals surface area contributed by atoms with Crippen molar-refractivity contribution in [1.29, 1.82) is 0 Å². The predicted octanol–water partition coefficient (Wildman–Crippen LogP) is 2.85. The van der Waals surface area contributed by atoms with Gasteiger partial charge < -0.3 is 15.0 Å². The van der Waals surface area contributed by atoms with Crippen molar-refractivity contribution < 1.29 is 14.3 Å². The maximum Gasteiger partial charge on any atom is 0.308 e. The Hall–Kier alpha value is -2.66. The van der Waals surface area contributed by atoms with Crippen LogP contribution in [0.1, 0.15) is 28.4 Å². The lowest BCUT2D eigenvalue weighted by Crippen LogP contribution is -2.26. The highest BCUT2D eigenvalue weighted by Crippen LogP contribution is 2.24. The van der Waals surface area contributed by atoms with Gasteiger partial charge in [-0.15, -0.1) is 0 Å². The summed E-state index contributed by atoms with van der Waals surface area (Å²) in [5.74, 6) is -0.483. The third-order valence-electron chi connectivity index (χ3n) is 4.05. The number of rotatable bonds is 3. The molecule has 124 valence electrons. The standard InChI is InChI=1S/C19H20N2O3/c1-13(22)24-18-6-4-3-5-17(18)19(23)20-16-8-7-14-9-10-21(2)12-15(14)11-16/h3-8,11H,9-10,12H2,1-2H3,(H,20,23). The topological polar surface area (TPSA) is 58.6 Å². The molecule has 2 aromatic carbocycles. The van der Waals surface area contributed by atoms with Crippen LogP contribution in [0.25, 0.3) is 0 Å². The number of fused-ring (bicyclic) bond motifs is 1. The molecule has 0 saturated heterocycles. The van der Waals surface area contributed by atoms with E-state index in [2.05, 4.69) is 23.3 Å². The van der Waals surface area contributed by atoms with Crippen LogP contribution in [0.5, 0.6) is 5.75 Å². The smallest absolute Gasteiger partial charge is 0.308 e. The second-order valence-electron chi connectivity index (χ2n) is 6.02. The molecule has 0 unspecified atom stereocenters. The van der Waals surface area contributed by atoms with Crippen LogP contribution in [0.3, 0.4) is 0 Å². The van der Waals surface area contributed by atoms with Gasteiger partial charge in [-0.2, -0.15) is 0 Å². The number of amides is 1. The van der Waals surface area contributed by atoms with E-state index in [0.717, 1.165) is 25.2 Å². The molecular formula is C19H20N2O3. The highest BCUT2D eigenvalue weighted by atomic mass is 16.5. The zero-order valence-corrected chi connectivity index (χ0v) is 13.8.